The highest BCUT2D eigenvalue weighted by atomic mass is 19.4. The second-order valence-electron chi connectivity index (χ2n) is 2.72. The first-order valence-electron chi connectivity index (χ1n) is 3.90. The zero-order valence-electron chi connectivity index (χ0n) is 7.61. The van der Waals surface area contributed by atoms with E-state index < -0.39 is 29.5 Å². The van der Waals surface area contributed by atoms with Crippen LogP contribution in [0.15, 0.2) is 18.2 Å². The van der Waals surface area contributed by atoms with Gasteiger partial charge in [-0.3, -0.25) is 0 Å². The van der Waals surface area contributed by atoms with E-state index >= 15 is 0 Å². The van der Waals surface area contributed by atoms with Crippen molar-refractivity contribution in [2.45, 2.75) is 12.6 Å². The van der Waals surface area contributed by atoms with Gasteiger partial charge in [-0.1, -0.05) is 6.07 Å². The van der Waals surface area contributed by atoms with Gasteiger partial charge in [-0.15, -0.1) is 0 Å². The second kappa shape index (κ2) is 4.04. The van der Waals surface area contributed by atoms with Gasteiger partial charge in [-0.2, -0.15) is 13.2 Å². The third-order valence-electron chi connectivity index (χ3n) is 1.81. The number of hydrogen-bond acceptors (Lipinski definition) is 1. The summed E-state index contributed by atoms with van der Waals surface area (Å²) in [6.45, 7) is 0. The third kappa shape index (κ3) is 2.37. The molecule has 6 heteroatoms. The van der Waals surface area contributed by atoms with Crippen molar-refractivity contribution < 1.29 is 26.7 Å². The maximum absolute atomic E-state index is 12.4. The number of rotatable bonds is 2. The molecule has 0 aliphatic rings. The zero-order valence-corrected chi connectivity index (χ0v) is 7.61. The molecule has 0 radical (unpaired) electrons. The third-order valence-corrected chi connectivity index (χ3v) is 1.81. The Hall–Kier alpha value is -1.33. The normalized spacial score (nSPS) is 11.9. The van der Waals surface area contributed by atoms with Crippen molar-refractivity contribution in [1.29, 1.82) is 0 Å². The molecule has 0 saturated heterocycles. The van der Waals surface area contributed by atoms with Crippen molar-refractivity contribution in [2.24, 2.45) is 0 Å². The number of benzene rings is 1. The quantitative estimate of drug-likeness (QED) is 0.699. The Morgan fingerprint density at radius 2 is 1.80 bits per heavy atom. The molecule has 0 unspecified atom stereocenters. The molecule has 15 heavy (non-hydrogen) atoms. The summed E-state index contributed by atoms with van der Waals surface area (Å²) in [5, 5.41) is 0. The summed E-state index contributed by atoms with van der Waals surface area (Å²) >= 11 is 0. The monoisotopic (exact) mass is 226 g/mol. The number of halogens is 5. The Labute approximate surface area is 82.5 Å². The second-order valence-corrected chi connectivity index (χ2v) is 2.72. The maximum atomic E-state index is 12.4. The first kappa shape index (κ1) is 11.7. The van der Waals surface area contributed by atoms with Crippen LogP contribution in [-0.2, 0) is 6.18 Å². The molecule has 0 fully saturated rings. The van der Waals surface area contributed by atoms with Crippen LogP contribution in [0.4, 0.5) is 22.0 Å². The minimum atomic E-state index is -4.81. The molecule has 0 N–H and O–H groups in total. The summed E-state index contributed by atoms with van der Waals surface area (Å²) in [5.41, 5.74) is -2.48. The molecule has 0 aromatic heterocycles. The molecule has 0 heterocycles. The highest BCUT2D eigenvalue weighted by Crippen LogP contribution is 2.40. The lowest BCUT2D eigenvalue weighted by atomic mass is 10.1. The lowest BCUT2D eigenvalue weighted by Gasteiger charge is -2.15. The smallest absolute Gasteiger partial charge is 0.417 e. The standard InChI is InChI=1S/C9H7F5O/c1-15-6-4-2-3-5(9(12,13)14)7(6)8(10)11/h2-4,8H,1H3. The Bertz CT molecular complexity index is 345. The fraction of sp³-hybridized carbons (Fsp3) is 0.333. The first-order valence-corrected chi connectivity index (χ1v) is 3.90. The minimum Gasteiger partial charge on any atom is -0.496 e. The van der Waals surface area contributed by atoms with E-state index in [9.17, 15) is 22.0 Å². The van der Waals surface area contributed by atoms with Gasteiger partial charge in [-0.05, 0) is 12.1 Å². The lowest BCUT2D eigenvalue weighted by Crippen LogP contribution is -2.10. The molecule has 0 bridgehead atoms. The van der Waals surface area contributed by atoms with Crippen molar-refractivity contribution in [3.63, 3.8) is 0 Å². The molecule has 0 saturated carbocycles. The van der Waals surface area contributed by atoms with Gasteiger partial charge in [0.2, 0.25) is 0 Å². The number of hydrogen-bond donors (Lipinski definition) is 0. The van der Waals surface area contributed by atoms with Gasteiger partial charge in [0.15, 0.2) is 0 Å². The summed E-state index contributed by atoms with van der Waals surface area (Å²) in [6, 6.07) is 2.69. The molecule has 1 aromatic carbocycles. The van der Waals surface area contributed by atoms with Gasteiger partial charge in [0.05, 0.1) is 18.2 Å². The van der Waals surface area contributed by atoms with Crippen molar-refractivity contribution in [1.82, 2.24) is 0 Å². The van der Waals surface area contributed by atoms with Crippen LogP contribution in [0, 0.1) is 0 Å². The van der Waals surface area contributed by atoms with Gasteiger partial charge in [-0.25, -0.2) is 8.78 Å². The van der Waals surface area contributed by atoms with Crippen LogP contribution in [0.25, 0.3) is 0 Å². The topological polar surface area (TPSA) is 9.23 Å². The first-order chi connectivity index (χ1) is 6.88. The van der Waals surface area contributed by atoms with Gasteiger partial charge >= 0.3 is 6.18 Å². The van der Waals surface area contributed by atoms with Gasteiger partial charge in [0.1, 0.15) is 5.75 Å². The summed E-state index contributed by atoms with van der Waals surface area (Å²) in [5.74, 6) is -0.458. The molecular formula is C9H7F5O. The van der Waals surface area contributed by atoms with Crippen LogP contribution >= 0.6 is 0 Å². The minimum absolute atomic E-state index is 0.458. The van der Waals surface area contributed by atoms with E-state index in [4.69, 9.17) is 0 Å². The number of alkyl halides is 5. The number of ether oxygens (including phenoxy) is 1. The molecule has 1 nitrogen and oxygen atoms in total. The highest BCUT2D eigenvalue weighted by molar-refractivity contribution is 5.42. The largest absolute Gasteiger partial charge is 0.496 e. The Kier molecular flexibility index (Phi) is 3.16. The fourth-order valence-corrected chi connectivity index (χ4v) is 1.19. The van der Waals surface area contributed by atoms with Crippen LogP contribution < -0.4 is 4.74 Å². The Morgan fingerprint density at radius 3 is 2.20 bits per heavy atom. The van der Waals surface area contributed by atoms with Gasteiger partial charge in [0.25, 0.3) is 6.43 Å². The molecule has 1 rings (SSSR count). The summed E-state index contributed by atoms with van der Waals surface area (Å²) in [6.07, 6.45) is -8.03. The number of methoxy groups -OCH3 is 1. The molecule has 84 valence electrons. The van der Waals surface area contributed by atoms with Crippen molar-refractivity contribution in [3.8, 4) is 5.75 Å². The summed E-state index contributed by atoms with van der Waals surface area (Å²) in [7, 11) is 1.04. The predicted octanol–water partition coefficient (Wildman–Crippen LogP) is 3.65. The molecule has 0 aliphatic heterocycles. The molecule has 0 amide bonds. The van der Waals surface area contributed by atoms with Crippen molar-refractivity contribution >= 4 is 0 Å². The van der Waals surface area contributed by atoms with E-state index in [2.05, 4.69) is 4.74 Å². The van der Waals surface area contributed by atoms with E-state index in [0.29, 0.717) is 6.07 Å². The van der Waals surface area contributed by atoms with E-state index in [-0.39, 0.29) is 0 Å². The fourth-order valence-electron chi connectivity index (χ4n) is 1.19. The van der Waals surface area contributed by atoms with Crippen LogP contribution in [0.2, 0.25) is 0 Å². The molecule has 0 aliphatic carbocycles. The average Bonchev–Trinajstić information content (AvgIpc) is 2.15. The Morgan fingerprint density at radius 1 is 1.20 bits per heavy atom. The van der Waals surface area contributed by atoms with Gasteiger partial charge in [0, 0.05) is 0 Å². The SMILES string of the molecule is COc1cccc(C(F)(F)F)c1C(F)F. The van der Waals surface area contributed by atoms with Crippen LogP contribution in [-0.4, -0.2) is 7.11 Å². The van der Waals surface area contributed by atoms with Crippen LogP contribution in [0.3, 0.4) is 0 Å². The zero-order chi connectivity index (χ0) is 11.6. The molecule has 0 atom stereocenters. The van der Waals surface area contributed by atoms with E-state index in [1.54, 1.807) is 0 Å². The maximum Gasteiger partial charge on any atom is 0.417 e. The average molecular weight is 226 g/mol. The highest BCUT2D eigenvalue weighted by Gasteiger charge is 2.37. The summed E-state index contributed by atoms with van der Waals surface area (Å²) < 4.78 is 66.3. The van der Waals surface area contributed by atoms with E-state index in [1.165, 1.54) is 0 Å². The van der Waals surface area contributed by atoms with Crippen molar-refractivity contribution in [3.05, 3.63) is 29.3 Å². The molecule has 1 aromatic rings. The van der Waals surface area contributed by atoms with Gasteiger partial charge < -0.3 is 4.74 Å². The van der Waals surface area contributed by atoms with Crippen LogP contribution in [0.1, 0.15) is 17.6 Å². The van der Waals surface area contributed by atoms with E-state index in [1.807, 2.05) is 0 Å². The lowest BCUT2D eigenvalue weighted by molar-refractivity contribution is -0.139. The summed E-state index contributed by atoms with van der Waals surface area (Å²) in [4.78, 5) is 0. The van der Waals surface area contributed by atoms with E-state index in [0.717, 1.165) is 19.2 Å². The molecule has 0 spiro atoms. The Balaban J connectivity index is 3.39. The van der Waals surface area contributed by atoms with Crippen LogP contribution in [0.5, 0.6) is 5.75 Å². The predicted molar refractivity (Wildman–Crippen MR) is 43.0 cm³/mol. The molecular weight excluding hydrogens is 219 g/mol. The van der Waals surface area contributed by atoms with Crippen molar-refractivity contribution in [2.75, 3.05) is 7.11 Å².